The zero-order chi connectivity index (χ0) is 13.1. The first-order valence-corrected chi connectivity index (χ1v) is 6.23. The molecule has 7 heteroatoms. The van der Waals surface area contributed by atoms with Crippen molar-refractivity contribution in [3.63, 3.8) is 0 Å². The highest BCUT2D eigenvalue weighted by Crippen LogP contribution is 2.27. The maximum Gasteiger partial charge on any atom is 0.269 e. The molecule has 0 amide bonds. The average molecular weight is 264 g/mol. The lowest BCUT2D eigenvalue weighted by atomic mass is 10.2. The van der Waals surface area contributed by atoms with Crippen LogP contribution < -0.4 is 5.32 Å². The second-order valence-corrected chi connectivity index (χ2v) is 4.99. The molecule has 1 aromatic heterocycles. The van der Waals surface area contributed by atoms with Crippen molar-refractivity contribution >= 4 is 22.2 Å². The molecule has 0 saturated heterocycles. The van der Waals surface area contributed by atoms with Gasteiger partial charge in [0.2, 0.25) is 5.13 Å². The molecule has 1 aromatic carbocycles. The molecule has 94 valence electrons. The number of rotatable bonds is 4. The number of non-ortho nitro benzene ring substituents is 1. The highest BCUT2D eigenvalue weighted by molar-refractivity contribution is 7.18. The Morgan fingerprint density at radius 1 is 1.28 bits per heavy atom. The first kappa shape index (κ1) is 12.4. The van der Waals surface area contributed by atoms with Gasteiger partial charge in [0, 0.05) is 23.7 Å². The summed E-state index contributed by atoms with van der Waals surface area (Å²) in [5, 5.41) is 23.3. The summed E-state index contributed by atoms with van der Waals surface area (Å²) in [7, 11) is 0. The predicted molar refractivity (Wildman–Crippen MR) is 70.8 cm³/mol. The van der Waals surface area contributed by atoms with E-state index >= 15 is 0 Å². The molecule has 0 saturated carbocycles. The molecule has 2 aromatic rings. The molecule has 1 heterocycles. The van der Waals surface area contributed by atoms with Crippen LogP contribution in [0, 0.1) is 10.1 Å². The number of aromatic nitrogens is 2. The van der Waals surface area contributed by atoms with Gasteiger partial charge in [-0.05, 0) is 26.0 Å². The second kappa shape index (κ2) is 5.09. The number of hydrogen-bond donors (Lipinski definition) is 1. The highest BCUT2D eigenvalue weighted by atomic mass is 32.1. The molecule has 0 aliphatic heterocycles. The van der Waals surface area contributed by atoms with Gasteiger partial charge in [-0.15, -0.1) is 10.2 Å². The van der Waals surface area contributed by atoms with Crippen molar-refractivity contribution in [2.45, 2.75) is 19.9 Å². The van der Waals surface area contributed by atoms with Gasteiger partial charge in [-0.1, -0.05) is 11.3 Å². The Bertz CT molecular complexity index is 550. The Labute approximate surface area is 108 Å². The number of nitro groups is 1. The standard InChI is InChI=1S/C11H12N4O2S/c1-7(2)12-11-14-13-10(18-11)8-3-5-9(6-4-8)15(16)17/h3-7H,1-2H3,(H,12,14). The quantitative estimate of drug-likeness (QED) is 0.678. The minimum Gasteiger partial charge on any atom is -0.358 e. The molecule has 2 rings (SSSR count). The van der Waals surface area contributed by atoms with Crippen molar-refractivity contribution < 1.29 is 4.92 Å². The molecule has 6 nitrogen and oxygen atoms in total. The molecule has 0 fully saturated rings. The van der Waals surface area contributed by atoms with Gasteiger partial charge < -0.3 is 5.32 Å². The third-order valence-corrected chi connectivity index (χ3v) is 3.07. The lowest BCUT2D eigenvalue weighted by Crippen LogP contribution is -2.08. The number of benzene rings is 1. The molecule has 1 N–H and O–H groups in total. The van der Waals surface area contributed by atoms with Gasteiger partial charge in [-0.25, -0.2) is 0 Å². The summed E-state index contributed by atoms with van der Waals surface area (Å²) in [4.78, 5) is 10.1. The topological polar surface area (TPSA) is 81.0 Å². The van der Waals surface area contributed by atoms with Gasteiger partial charge in [-0.2, -0.15) is 0 Å². The lowest BCUT2D eigenvalue weighted by molar-refractivity contribution is -0.384. The molecule has 0 radical (unpaired) electrons. The van der Waals surface area contributed by atoms with Gasteiger partial charge >= 0.3 is 0 Å². The summed E-state index contributed by atoms with van der Waals surface area (Å²) in [6.07, 6.45) is 0. The number of anilines is 1. The second-order valence-electron chi connectivity index (χ2n) is 4.02. The van der Waals surface area contributed by atoms with Crippen LogP contribution in [0.5, 0.6) is 0 Å². The average Bonchev–Trinajstić information content (AvgIpc) is 2.76. The van der Waals surface area contributed by atoms with Gasteiger partial charge in [0.25, 0.3) is 5.69 Å². The third-order valence-electron chi connectivity index (χ3n) is 2.16. The van der Waals surface area contributed by atoms with Crippen LogP contribution >= 0.6 is 11.3 Å². The van der Waals surface area contributed by atoms with E-state index in [1.54, 1.807) is 12.1 Å². The van der Waals surface area contributed by atoms with E-state index in [-0.39, 0.29) is 5.69 Å². The van der Waals surface area contributed by atoms with Crippen LogP contribution in [-0.4, -0.2) is 21.2 Å². The summed E-state index contributed by atoms with van der Waals surface area (Å²) in [6.45, 7) is 4.04. The van der Waals surface area contributed by atoms with Gasteiger partial charge in [0.1, 0.15) is 5.01 Å². The predicted octanol–water partition coefficient (Wildman–Crippen LogP) is 2.93. The van der Waals surface area contributed by atoms with E-state index in [2.05, 4.69) is 15.5 Å². The minimum atomic E-state index is -0.421. The summed E-state index contributed by atoms with van der Waals surface area (Å²) in [5.74, 6) is 0. The fourth-order valence-corrected chi connectivity index (χ4v) is 2.27. The van der Waals surface area contributed by atoms with Crippen molar-refractivity contribution in [1.29, 1.82) is 0 Å². The van der Waals surface area contributed by atoms with Crippen molar-refractivity contribution in [2.75, 3.05) is 5.32 Å². The molecule has 0 aliphatic carbocycles. The first-order chi connectivity index (χ1) is 8.56. The number of nitrogens with zero attached hydrogens (tertiary/aromatic N) is 3. The zero-order valence-electron chi connectivity index (χ0n) is 9.95. The van der Waals surface area contributed by atoms with E-state index in [1.165, 1.54) is 23.5 Å². The van der Waals surface area contributed by atoms with Crippen molar-refractivity contribution in [3.05, 3.63) is 34.4 Å². The zero-order valence-corrected chi connectivity index (χ0v) is 10.8. The van der Waals surface area contributed by atoms with Gasteiger partial charge in [0.05, 0.1) is 4.92 Å². The molecule has 0 bridgehead atoms. The van der Waals surface area contributed by atoms with Crippen LogP contribution in [-0.2, 0) is 0 Å². The van der Waals surface area contributed by atoms with Crippen LogP contribution in [0.25, 0.3) is 10.6 Å². The summed E-state index contributed by atoms with van der Waals surface area (Å²) in [5.41, 5.74) is 0.902. The van der Waals surface area contributed by atoms with Gasteiger partial charge in [0.15, 0.2) is 0 Å². The van der Waals surface area contributed by atoms with Crippen molar-refractivity contribution in [3.8, 4) is 10.6 Å². The Morgan fingerprint density at radius 2 is 1.94 bits per heavy atom. The molecule has 0 aliphatic rings. The SMILES string of the molecule is CC(C)Nc1nnc(-c2ccc([N+](=O)[O-])cc2)s1. The largest absolute Gasteiger partial charge is 0.358 e. The van der Waals surface area contributed by atoms with E-state index < -0.39 is 4.92 Å². The Morgan fingerprint density at radius 3 is 2.50 bits per heavy atom. The Hall–Kier alpha value is -2.02. The van der Waals surface area contributed by atoms with Crippen LogP contribution in [0.2, 0.25) is 0 Å². The van der Waals surface area contributed by atoms with Crippen LogP contribution in [0.15, 0.2) is 24.3 Å². The molecular weight excluding hydrogens is 252 g/mol. The van der Waals surface area contributed by atoms with Crippen LogP contribution in [0.1, 0.15) is 13.8 Å². The van der Waals surface area contributed by atoms with Crippen LogP contribution in [0.4, 0.5) is 10.8 Å². The molecule has 18 heavy (non-hydrogen) atoms. The normalized spacial score (nSPS) is 10.6. The molecule has 0 unspecified atom stereocenters. The van der Waals surface area contributed by atoms with E-state index in [4.69, 9.17) is 0 Å². The lowest BCUT2D eigenvalue weighted by Gasteiger charge is -2.03. The van der Waals surface area contributed by atoms with E-state index in [0.29, 0.717) is 6.04 Å². The highest BCUT2D eigenvalue weighted by Gasteiger charge is 2.09. The molecule has 0 atom stereocenters. The maximum absolute atomic E-state index is 10.5. The first-order valence-electron chi connectivity index (χ1n) is 5.41. The maximum atomic E-state index is 10.5. The summed E-state index contributed by atoms with van der Waals surface area (Å²) < 4.78 is 0. The van der Waals surface area contributed by atoms with E-state index in [1.807, 2.05) is 13.8 Å². The fourth-order valence-electron chi connectivity index (χ4n) is 1.37. The number of nitrogens with one attached hydrogen (secondary N) is 1. The third kappa shape index (κ3) is 2.80. The summed E-state index contributed by atoms with van der Waals surface area (Å²) in [6, 6.07) is 6.58. The monoisotopic (exact) mass is 264 g/mol. The van der Waals surface area contributed by atoms with Crippen molar-refractivity contribution in [1.82, 2.24) is 10.2 Å². The minimum absolute atomic E-state index is 0.0730. The van der Waals surface area contributed by atoms with E-state index in [9.17, 15) is 10.1 Å². The summed E-state index contributed by atoms with van der Waals surface area (Å²) >= 11 is 1.43. The Balaban J connectivity index is 2.20. The van der Waals surface area contributed by atoms with Crippen molar-refractivity contribution in [2.24, 2.45) is 0 Å². The van der Waals surface area contributed by atoms with Gasteiger partial charge in [-0.3, -0.25) is 10.1 Å². The Kier molecular flexibility index (Phi) is 3.52. The smallest absolute Gasteiger partial charge is 0.269 e. The number of nitro benzene ring substituents is 1. The molecular formula is C11H12N4O2S. The van der Waals surface area contributed by atoms with Crippen LogP contribution in [0.3, 0.4) is 0 Å². The van der Waals surface area contributed by atoms with E-state index in [0.717, 1.165) is 15.7 Å². The number of hydrogen-bond acceptors (Lipinski definition) is 6. The fraction of sp³-hybridized carbons (Fsp3) is 0.273. The molecule has 0 spiro atoms.